The molecule has 0 saturated heterocycles. The molecule has 0 radical (unpaired) electrons. The van der Waals surface area contributed by atoms with Gasteiger partial charge in [-0.2, -0.15) is 0 Å². The first-order valence-electron chi connectivity index (χ1n) is 10.0. The van der Waals surface area contributed by atoms with Gasteiger partial charge in [0, 0.05) is 16.9 Å². The Labute approximate surface area is 185 Å². The highest BCUT2D eigenvalue weighted by Gasteiger charge is 2.17. The van der Waals surface area contributed by atoms with Crippen molar-refractivity contribution in [2.75, 3.05) is 31.0 Å². The summed E-state index contributed by atoms with van der Waals surface area (Å²) in [6.45, 7) is 0.0140. The smallest absolute Gasteiger partial charge is 0.262 e. The van der Waals surface area contributed by atoms with Crippen LogP contribution in [0.2, 0.25) is 0 Å². The second kappa shape index (κ2) is 9.70. The third-order valence-electron chi connectivity index (χ3n) is 4.76. The third-order valence-corrected chi connectivity index (χ3v) is 4.76. The number of amides is 2. The molecule has 3 aromatic rings. The van der Waals surface area contributed by atoms with Crippen LogP contribution in [0.5, 0.6) is 17.2 Å². The summed E-state index contributed by atoms with van der Waals surface area (Å²) in [5.74, 6) is 1.19. The van der Waals surface area contributed by atoms with Crippen LogP contribution < -0.4 is 24.8 Å². The Bertz CT molecular complexity index is 1170. The third kappa shape index (κ3) is 5.07. The maximum atomic E-state index is 12.7. The number of hydrogen-bond acceptors (Lipinski definition) is 5. The highest BCUT2D eigenvalue weighted by atomic mass is 16.5. The van der Waals surface area contributed by atoms with Crippen LogP contribution in [0.1, 0.15) is 5.56 Å². The summed E-state index contributed by atoms with van der Waals surface area (Å²) >= 11 is 0. The van der Waals surface area contributed by atoms with E-state index in [1.807, 2.05) is 36.4 Å². The quantitative estimate of drug-likeness (QED) is 0.589. The lowest BCUT2D eigenvalue weighted by atomic mass is 10.1. The molecule has 2 N–H and O–H groups in total. The Hall–Kier alpha value is -4.26. The molecule has 0 spiro atoms. The molecule has 1 aliphatic rings. The number of hydrogen-bond donors (Lipinski definition) is 2. The van der Waals surface area contributed by atoms with Gasteiger partial charge in [0.1, 0.15) is 12.4 Å². The number of carbonyl (C=O) groups is 2. The molecule has 0 fully saturated rings. The maximum Gasteiger partial charge on any atom is 0.262 e. The Balaban J connectivity index is 1.36. The van der Waals surface area contributed by atoms with Gasteiger partial charge < -0.3 is 24.8 Å². The first kappa shape index (κ1) is 21.0. The Kier molecular flexibility index (Phi) is 6.36. The first-order valence-corrected chi connectivity index (χ1v) is 10.0. The minimum Gasteiger partial charge on any atom is -0.493 e. The Morgan fingerprint density at radius 2 is 1.62 bits per heavy atom. The van der Waals surface area contributed by atoms with Crippen LogP contribution in [0, 0.1) is 0 Å². The van der Waals surface area contributed by atoms with Gasteiger partial charge in [0.2, 0.25) is 0 Å². The van der Waals surface area contributed by atoms with Gasteiger partial charge in [-0.05, 0) is 42.5 Å². The molecule has 162 valence electrons. The molecule has 0 unspecified atom stereocenters. The van der Waals surface area contributed by atoms with E-state index in [4.69, 9.17) is 14.2 Å². The molecule has 4 rings (SSSR count). The normalized spacial score (nSPS) is 12.0. The average molecular weight is 430 g/mol. The van der Waals surface area contributed by atoms with E-state index in [0.29, 0.717) is 28.4 Å². The van der Waals surface area contributed by atoms with Crippen LogP contribution in [0.3, 0.4) is 0 Å². The number of benzene rings is 3. The summed E-state index contributed by atoms with van der Waals surface area (Å²) in [6, 6.07) is 21.5. The van der Waals surface area contributed by atoms with E-state index in [2.05, 4.69) is 10.6 Å². The predicted octanol–water partition coefficient (Wildman–Crippen LogP) is 4.13. The van der Waals surface area contributed by atoms with E-state index in [9.17, 15) is 9.59 Å². The molecule has 0 aliphatic carbocycles. The van der Waals surface area contributed by atoms with E-state index in [-0.39, 0.29) is 25.0 Å². The van der Waals surface area contributed by atoms with Gasteiger partial charge in [-0.15, -0.1) is 0 Å². The van der Waals surface area contributed by atoms with Crippen LogP contribution in [-0.2, 0) is 9.59 Å². The van der Waals surface area contributed by atoms with Gasteiger partial charge in [-0.1, -0.05) is 36.4 Å². The Morgan fingerprint density at radius 3 is 2.44 bits per heavy atom. The molecular weight excluding hydrogens is 408 g/mol. The topological polar surface area (TPSA) is 85.9 Å². The summed E-state index contributed by atoms with van der Waals surface area (Å²) < 4.78 is 16.4. The number of methoxy groups -OCH3 is 1. The van der Waals surface area contributed by atoms with E-state index < -0.39 is 0 Å². The van der Waals surface area contributed by atoms with Crippen molar-refractivity contribution in [2.24, 2.45) is 0 Å². The van der Waals surface area contributed by atoms with Crippen LogP contribution in [0.15, 0.2) is 78.4 Å². The second-order valence-electron chi connectivity index (χ2n) is 7.02. The van der Waals surface area contributed by atoms with E-state index in [0.717, 1.165) is 11.3 Å². The van der Waals surface area contributed by atoms with Gasteiger partial charge in [-0.25, -0.2) is 0 Å². The molecule has 0 saturated carbocycles. The highest BCUT2D eigenvalue weighted by Crippen LogP contribution is 2.27. The van der Waals surface area contributed by atoms with E-state index in [1.165, 1.54) is 7.11 Å². The minimum absolute atomic E-state index is 0.180. The van der Waals surface area contributed by atoms with Crippen LogP contribution in [0.25, 0.3) is 6.08 Å². The van der Waals surface area contributed by atoms with Crippen molar-refractivity contribution in [1.82, 2.24) is 0 Å². The lowest BCUT2D eigenvalue weighted by Crippen LogP contribution is -2.22. The lowest BCUT2D eigenvalue weighted by Gasteiger charge is -2.17. The summed E-state index contributed by atoms with van der Waals surface area (Å²) in [4.78, 5) is 24.9. The standard InChI is InChI=1S/C25H22N2O5/c1-30-22-11-4-5-12-23(22)32-16-24(28)26-19-8-6-9-20(14-19)27-25(29)18-13-17-7-2-3-10-21(17)31-15-18/h2-14H,15-16H2,1H3,(H,26,28)(H,27,29). The summed E-state index contributed by atoms with van der Waals surface area (Å²) in [6.07, 6.45) is 1.81. The summed E-state index contributed by atoms with van der Waals surface area (Å²) in [7, 11) is 1.54. The monoisotopic (exact) mass is 430 g/mol. The second-order valence-corrected chi connectivity index (χ2v) is 7.02. The highest BCUT2D eigenvalue weighted by molar-refractivity contribution is 6.07. The zero-order valence-corrected chi connectivity index (χ0v) is 17.5. The largest absolute Gasteiger partial charge is 0.493 e. The van der Waals surface area contributed by atoms with Crippen LogP contribution >= 0.6 is 0 Å². The zero-order chi connectivity index (χ0) is 22.3. The van der Waals surface area contributed by atoms with Gasteiger partial charge in [0.25, 0.3) is 11.8 Å². The number of carbonyl (C=O) groups excluding carboxylic acids is 2. The molecule has 0 atom stereocenters. The number of fused-ring (bicyclic) bond motifs is 1. The van der Waals surface area contributed by atoms with Crippen molar-refractivity contribution < 1.29 is 23.8 Å². The molecule has 1 aliphatic heterocycles. The summed E-state index contributed by atoms with van der Waals surface area (Å²) in [5, 5.41) is 5.60. The molecule has 0 bridgehead atoms. The zero-order valence-electron chi connectivity index (χ0n) is 17.5. The fourth-order valence-corrected chi connectivity index (χ4v) is 3.21. The van der Waals surface area contributed by atoms with Crippen LogP contribution in [0.4, 0.5) is 11.4 Å². The van der Waals surface area contributed by atoms with Gasteiger partial charge in [0.15, 0.2) is 18.1 Å². The molecule has 3 aromatic carbocycles. The molecular formula is C25H22N2O5. The Morgan fingerprint density at radius 1 is 0.906 bits per heavy atom. The maximum absolute atomic E-state index is 12.7. The predicted molar refractivity (Wildman–Crippen MR) is 122 cm³/mol. The van der Waals surface area contributed by atoms with Crippen LogP contribution in [-0.4, -0.2) is 32.1 Å². The fraction of sp³-hybridized carbons (Fsp3) is 0.120. The average Bonchev–Trinajstić information content (AvgIpc) is 2.82. The van der Waals surface area contributed by atoms with Crippen molar-refractivity contribution in [3.63, 3.8) is 0 Å². The molecule has 7 nitrogen and oxygen atoms in total. The van der Waals surface area contributed by atoms with E-state index >= 15 is 0 Å². The number of rotatable bonds is 7. The van der Waals surface area contributed by atoms with Gasteiger partial charge in [-0.3, -0.25) is 9.59 Å². The van der Waals surface area contributed by atoms with E-state index in [1.54, 1.807) is 42.5 Å². The molecule has 32 heavy (non-hydrogen) atoms. The van der Waals surface area contributed by atoms with Crippen molar-refractivity contribution >= 4 is 29.3 Å². The van der Waals surface area contributed by atoms with Gasteiger partial charge in [0.05, 0.1) is 12.7 Å². The lowest BCUT2D eigenvalue weighted by molar-refractivity contribution is -0.118. The van der Waals surface area contributed by atoms with Crippen molar-refractivity contribution in [2.45, 2.75) is 0 Å². The fourth-order valence-electron chi connectivity index (χ4n) is 3.21. The molecule has 1 heterocycles. The molecule has 0 aromatic heterocycles. The van der Waals surface area contributed by atoms with Crippen molar-refractivity contribution in [1.29, 1.82) is 0 Å². The number of para-hydroxylation sites is 3. The molecule has 7 heteroatoms. The number of ether oxygens (including phenoxy) is 3. The van der Waals surface area contributed by atoms with Crippen molar-refractivity contribution in [3.8, 4) is 17.2 Å². The van der Waals surface area contributed by atoms with Crippen molar-refractivity contribution in [3.05, 3.63) is 83.9 Å². The minimum atomic E-state index is -0.334. The number of nitrogens with one attached hydrogen (secondary N) is 2. The first-order chi connectivity index (χ1) is 15.6. The van der Waals surface area contributed by atoms with Gasteiger partial charge >= 0.3 is 0 Å². The summed E-state index contributed by atoms with van der Waals surface area (Å²) in [5.41, 5.74) is 2.47. The number of anilines is 2. The molecule has 2 amide bonds. The SMILES string of the molecule is COc1ccccc1OCC(=O)Nc1cccc(NC(=O)C2=Cc3ccccc3OC2)c1.